The van der Waals surface area contributed by atoms with Crippen LogP contribution in [0, 0.1) is 41.0 Å². The number of carbonyl (C=O) groups is 2. The molecule has 2 aromatic carbocycles. The predicted octanol–water partition coefficient (Wildman–Crippen LogP) is 5.20. The standard InChI is InChI=1S/C29H34F4N2O4/c1-16-12-34(13-17(2)29(16,38)18-6-9-23(31)25(33)10-18)26(36)22-15-35(27(37)39-28(3,4)5)14-21(22)20-8-7-19(30)11-24(20)32/h6-11,16-17,21-22,38H,12-15H2,1-5H3/t16-,17+,21-,22+,29?/m0/s1. The van der Waals surface area contributed by atoms with E-state index in [0.717, 1.165) is 24.3 Å². The minimum absolute atomic E-state index is 0.00557. The van der Waals surface area contributed by atoms with E-state index in [-0.39, 0.29) is 43.2 Å². The summed E-state index contributed by atoms with van der Waals surface area (Å²) in [6.07, 6.45) is -0.640. The highest BCUT2D eigenvalue weighted by Crippen LogP contribution is 2.43. The largest absolute Gasteiger partial charge is 0.444 e. The first-order chi connectivity index (χ1) is 18.1. The van der Waals surface area contributed by atoms with E-state index in [9.17, 15) is 32.3 Å². The number of hydrogen-bond donors (Lipinski definition) is 1. The van der Waals surface area contributed by atoms with Gasteiger partial charge in [0.25, 0.3) is 0 Å². The van der Waals surface area contributed by atoms with E-state index in [2.05, 4.69) is 0 Å². The fraction of sp³-hybridized carbons (Fsp3) is 0.517. The van der Waals surface area contributed by atoms with Crippen LogP contribution in [-0.2, 0) is 15.1 Å². The Balaban J connectivity index is 1.61. The van der Waals surface area contributed by atoms with Crippen molar-refractivity contribution in [1.29, 1.82) is 0 Å². The molecule has 6 nitrogen and oxygen atoms in total. The van der Waals surface area contributed by atoms with Crippen LogP contribution in [0.25, 0.3) is 0 Å². The molecule has 0 bridgehead atoms. The van der Waals surface area contributed by atoms with Gasteiger partial charge in [0.1, 0.15) is 17.2 Å². The highest BCUT2D eigenvalue weighted by Gasteiger charge is 2.50. The summed E-state index contributed by atoms with van der Waals surface area (Å²) in [6.45, 7) is 8.75. The zero-order chi connectivity index (χ0) is 28.9. The molecule has 4 rings (SSSR count). The molecular weight excluding hydrogens is 516 g/mol. The van der Waals surface area contributed by atoms with Crippen LogP contribution in [0.5, 0.6) is 0 Å². The van der Waals surface area contributed by atoms with Crippen LogP contribution in [0.3, 0.4) is 0 Å². The molecule has 2 fully saturated rings. The average molecular weight is 551 g/mol. The molecule has 2 amide bonds. The van der Waals surface area contributed by atoms with Crippen molar-refractivity contribution in [2.45, 2.75) is 51.7 Å². The summed E-state index contributed by atoms with van der Waals surface area (Å²) < 4.78 is 61.5. The van der Waals surface area contributed by atoms with Crippen molar-refractivity contribution in [1.82, 2.24) is 9.80 Å². The molecule has 39 heavy (non-hydrogen) atoms. The molecule has 1 unspecified atom stereocenters. The van der Waals surface area contributed by atoms with Gasteiger partial charge in [0.15, 0.2) is 11.6 Å². The van der Waals surface area contributed by atoms with Gasteiger partial charge in [0.05, 0.1) is 11.5 Å². The van der Waals surface area contributed by atoms with Crippen LogP contribution in [0.1, 0.15) is 51.7 Å². The lowest BCUT2D eigenvalue weighted by Crippen LogP contribution is -2.57. The Morgan fingerprint density at radius 3 is 2.08 bits per heavy atom. The maximum atomic E-state index is 14.9. The highest BCUT2D eigenvalue weighted by molar-refractivity contribution is 5.82. The van der Waals surface area contributed by atoms with Crippen molar-refractivity contribution in [3.63, 3.8) is 0 Å². The summed E-state index contributed by atoms with van der Waals surface area (Å²) in [5.74, 6) is -6.70. The third kappa shape index (κ3) is 5.62. The number of ether oxygens (including phenoxy) is 1. The van der Waals surface area contributed by atoms with Gasteiger partial charge in [-0.3, -0.25) is 4.79 Å². The summed E-state index contributed by atoms with van der Waals surface area (Å²) in [5.41, 5.74) is -1.96. The average Bonchev–Trinajstić information content (AvgIpc) is 3.27. The minimum atomic E-state index is -1.52. The molecule has 2 aliphatic heterocycles. The molecule has 0 aromatic heterocycles. The maximum Gasteiger partial charge on any atom is 0.410 e. The van der Waals surface area contributed by atoms with E-state index in [1.165, 1.54) is 17.0 Å². The van der Waals surface area contributed by atoms with Gasteiger partial charge in [-0.05, 0) is 50.1 Å². The molecule has 0 spiro atoms. The molecule has 10 heteroatoms. The minimum Gasteiger partial charge on any atom is -0.444 e. The van der Waals surface area contributed by atoms with Crippen LogP contribution in [0.2, 0.25) is 0 Å². The smallest absolute Gasteiger partial charge is 0.410 e. The van der Waals surface area contributed by atoms with Crippen LogP contribution in [0.4, 0.5) is 22.4 Å². The van der Waals surface area contributed by atoms with Crippen LogP contribution < -0.4 is 0 Å². The van der Waals surface area contributed by atoms with Gasteiger partial charge in [-0.1, -0.05) is 26.0 Å². The summed E-state index contributed by atoms with van der Waals surface area (Å²) >= 11 is 0. The number of rotatable bonds is 3. The van der Waals surface area contributed by atoms with E-state index < -0.39 is 64.2 Å². The number of hydrogen-bond acceptors (Lipinski definition) is 4. The molecule has 2 aliphatic rings. The third-order valence-electron chi connectivity index (χ3n) is 7.84. The number of aliphatic hydroxyl groups is 1. The van der Waals surface area contributed by atoms with Crippen molar-refractivity contribution in [3.05, 3.63) is 70.8 Å². The Morgan fingerprint density at radius 2 is 1.51 bits per heavy atom. The Bertz CT molecular complexity index is 1250. The number of amides is 2. The van der Waals surface area contributed by atoms with Crippen molar-refractivity contribution >= 4 is 12.0 Å². The Kier molecular flexibility index (Phi) is 7.73. The van der Waals surface area contributed by atoms with E-state index >= 15 is 0 Å². The SMILES string of the molecule is C[C@@H]1CN(C(=O)[C@@H]2CN(C(=O)OC(C)(C)C)C[C@H]2c2ccc(F)cc2F)C[C@H](C)C1(O)c1ccc(F)c(F)c1. The maximum absolute atomic E-state index is 14.9. The molecule has 2 heterocycles. The van der Waals surface area contributed by atoms with Crippen LogP contribution in [0.15, 0.2) is 36.4 Å². The Morgan fingerprint density at radius 1 is 0.872 bits per heavy atom. The van der Waals surface area contributed by atoms with Crippen LogP contribution in [-0.4, -0.2) is 58.7 Å². The van der Waals surface area contributed by atoms with Gasteiger partial charge < -0.3 is 19.6 Å². The Hall–Kier alpha value is -3.14. The van der Waals surface area contributed by atoms with Crippen molar-refractivity contribution in [2.75, 3.05) is 26.2 Å². The zero-order valence-electron chi connectivity index (χ0n) is 22.7. The lowest BCUT2D eigenvalue weighted by molar-refractivity contribution is -0.152. The second-order valence-electron chi connectivity index (χ2n) is 11.8. The molecule has 0 radical (unpaired) electrons. The fourth-order valence-electron chi connectivity index (χ4n) is 5.88. The quantitative estimate of drug-likeness (QED) is 0.534. The van der Waals surface area contributed by atoms with Gasteiger partial charge in [-0.15, -0.1) is 0 Å². The van der Waals surface area contributed by atoms with E-state index in [1.54, 1.807) is 39.5 Å². The number of piperidine rings is 1. The molecule has 0 saturated carbocycles. The lowest BCUT2D eigenvalue weighted by Gasteiger charge is -2.48. The first-order valence-electron chi connectivity index (χ1n) is 13.0. The van der Waals surface area contributed by atoms with Crippen LogP contribution >= 0.6 is 0 Å². The zero-order valence-corrected chi connectivity index (χ0v) is 22.7. The number of benzene rings is 2. The number of nitrogens with zero attached hydrogens (tertiary/aromatic N) is 2. The lowest BCUT2D eigenvalue weighted by atomic mass is 9.70. The number of carbonyl (C=O) groups excluding carboxylic acids is 2. The first-order valence-corrected chi connectivity index (χ1v) is 13.0. The second-order valence-corrected chi connectivity index (χ2v) is 11.8. The van der Waals surface area contributed by atoms with Gasteiger partial charge in [-0.2, -0.15) is 0 Å². The second kappa shape index (κ2) is 10.4. The molecule has 2 aromatic rings. The van der Waals surface area contributed by atoms with E-state index in [0.29, 0.717) is 0 Å². The monoisotopic (exact) mass is 550 g/mol. The molecule has 2 saturated heterocycles. The van der Waals surface area contributed by atoms with Crippen molar-refractivity contribution < 1.29 is 37.0 Å². The van der Waals surface area contributed by atoms with Gasteiger partial charge >= 0.3 is 6.09 Å². The Labute approximate surface area is 225 Å². The van der Waals surface area contributed by atoms with Gasteiger partial charge in [0, 0.05) is 50.0 Å². The van der Waals surface area contributed by atoms with Crippen molar-refractivity contribution in [3.8, 4) is 0 Å². The van der Waals surface area contributed by atoms with Gasteiger partial charge in [0.2, 0.25) is 5.91 Å². The van der Waals surface area contributed by atoms with Gasteiger partial charge in [-0.25, -0.2) is 22.4 Å². The number of halogens is 4. The molecule has 0 aliphatic carbocycles. The summed E-state index contributed by atoms with van der Waals surface area (Å²) in [5, 5.41) is 11.6. The summed E-state index contributed by atoms with van der Waals surface area (Å²) in [4.78, 5) is 29.7. The summed E-state index contributed by atoms with van der Waals surface area (Å²) in [7, 11) is 0. The number of likely N-dealkylation sites (tertiary alicyclic amines) is 2. The van der Waals surface area contributed by atoms with E-state index in [4.69, 9.17) is 4.74 Å². The topological polar surface area (TPSA) is 70.1 Å². The molecule has 5 atom stereocenters. The van der Waals surface area contributed by atoms with E-state index in [1.807, 2.05) is 0 Å². The van der Waals surface area contributed by atoms with Crippen molar-refractivity contribution in [2.24, 2.45) is 17.8 Å². The molecular formula is C29H34F4N2O4. The first kappa shape index (κ1) is 28.9. The molecule has 1 N–H and O–H groups in total. The normalized spacial score (nSPS) is 27.5. The predicted molar refractivity (Wildman–Crippen MR) is 136 cm³/mol. The highest BCUT2D eigenvalue weighted by atomic mass is 19.2. The summed E-state index contributed by atoms with van der Waals surface area (Å²) in [6, 6.07) is 6.43. The molecule has 212 valence electrons. The third-order valence-corrected chi connectivity index (χ3v) is 7.84. The fourth-order valence-corrected chi connectivity index (χ4v) is 5.88.